The van der Waals surface area contributed by atoms with Crippen molar-refractivity contribution in [2.24, 2.45) is 18.9 Å². The smallest absolute Gasteiger partial charge is 0.303 e. The van der Waals surface area contributed by atoms with Gasteiger partial charge in [-0.3, -0.25) is 14.3 Å². The van der Waals surface area contributed by atoms with Crippen LogP contribution in [0.25, 0.3) is 0 Å². The van der Waals surface area contributed by atoms with Gasteiger partial charge in [0, 0.05) is 26.2 Å². The number of nitrogens with zero attached hydrogens (tertiary/aromatic N) is 2. The van der Waals surface area contributed by atoms with Crippen LogP contribution in [0, 0.1) is 11.8 Å². The summed E-state index contributed by atoms with van der Waals surface area (Å²) in [6, 6.07) is 1.63. The summed E-state index contributed by atoms with van der Waals surface area (Å²) in [5.74, 6) is -0.702. The maximum Gasteiger partial charge on any atom is 0.303 e. The minimum absolute atomic E-state index is 0.0466. The topological polar surface area (TPSA) is 84.2 Å². The van der Waals surface area contributed by atoms with E-state index in [4.69, 9.17) is 5.11 Å². The number of carbonyl (C=O) groups excluding carboxylic acids is 1. The summed E-state index contributed by atoms with van der Waals surface area (Å²) in [6.07, 6.45) is 2.40. The van der Waals surface area contributed by atoms with Crippen LogP contribution in [0.15, 0.2) is 12.3 Å². The van der Waals surface area contributed by atoms with Gasteiger partial charge in [0.1, 0.15) is 5.69 Å². The number of carboxylic acids is 1. The molecule has 1 aromatic rings. The van der Waals surface area contributed by atoms with Gasteiger partial charge in [0.15, 0.2) is 0 Å². The maximum atomic E-state index is 11.9. The van der Waals surface area contributed by atoms with Crippen molar-refractivity contribution in [1.82, 2.24) is 15.1 Å². The number of carbonyl (C=O) groups is 2. The van der Waals surface area contributed by atoms with Gasteiger partial charge in [-0.15, -0.1) is 0 Å². The quantitative estimate of drug-likeness (QED) is 0.779. The van der Waals surface area contributed by atoms with Gasteiger partial charge < -0.3 is 10.4 Å². The molecule has 0 saturated heterocycles. The van der Waals surface area contributed by atoms with E-state index >= 15 is 0 Å². The molecule has 0 aliphatic carbocycles. The molecule has 106 valence electrons. The molecule has 1 atom stereocenters. The van der Waals surface area contributed by atoms with Crippen molar-refractivity contribution in [3.63, 3.8) is 0 Å². The SMILES string of the molecule is CC(C)C[C@H](CNC(=O)c1ccnn1C)CC(=O)O. The second-order valence-electron chi connectivity index (χ2n) is 5.14. The van der Waals surface area contributed by atoms with Crippen LogP contribution in [0.5, 0.6) is 0 Å². The number of rotatable bonds is 7. The van der Waals surface area contributed by atoms with Crippen LogP contribution in [-0.2, 0) is 11.8 Å². The minimum Gasteiger partial charge on any atom is -0.481 e. The fourth-order valence-electron chi connectivity index (χ4n) is 2.08. The Morgan fingerprint density at radius 1 is 1.47 bits per heavy atom. The van der Waals surface area contributed by atoms with Crippen molar-refractivity contribution < 1.29 is 14.7 Å². The summed E-state index contributed by atoms with van der Waals surface area (Å²) in [6.45, 7) is 4.45. The lowest BCUT2D eigenvalue weighted by molar-refractivity contribution is -0.138. The van der Waals surface area contributed by atoms with Gasteiger partial charge in [0.25, 0.3) is 5.91 Å². The van der Waals surface area contributed by atoms with Crippen molar-refractivity contribution >= 4 is 11.9 Å². The molecule has 0 bridgehead atoms. The van der Waals surface area contributed by atoms with Crippen LogP contribution < -0.4 is 5.32 Å². The Labute approximate surface area is 112 Å². The number of aryl methyl sites for hydroxylation is 1. The van der Waals surface area contributed by atoms with Gasteiger partial charge in [0.05, 0.1) is 0 Å². The van der Waals surface area contributed by atoms with E-state index < -0.39 is 5.97 Å². The van der Waals surface area contributed by atoms with Crippen LogP contribution in [0.1, 0.15) is 37.2 Å². The number of aromatic nitrogens is 2. The molecule has 0 saturated carbocycles. The summed E-state index contributed by atoms with van der Waals surface area (Å²) >= 11 is 0. The lowest BCUT2D eigenvalue weighted by Crippen LogP contribution is -2.32. The van der Waals surface area contributed by atoms with Crippen molar-refractivity contribution in [2.45, 2.75) is 26.7 Å². The molecule has 0 radical (unpaired) electrons. The standard InChI is InChI=1S/C13H21N3O3/c1-9(2)6-10(7-12(17)18)8-14-13(19)11-4-5-15-16(11)3/h4-5,9-10H,6-8H2,1-3H3,(H,14,19)(H,17,18)/t10-/m0/s1. The summed E-state index contributed by atoms with van der Waals surface area (Å²) in [5.41, 5.74) is 0.471. The molecule has 1 heterocycles. The van der Waals surface area contributed by atoms with E-state index in [0.29, 0.717) is 18.2 Å². The molecule has 6 heteroatoms. The maximum absolute atomic E-state index is 11.9. The monoisotopic (exact) mass is 267 g/mol. The Balaban J connectivity index is 2.53. The fourth-order valence-corrected chi connectivity index (χ4v) is 2.08. The molecule has 1 aromatic heterocycles. The number of hydrogen-bond donors (Lipinski definition) is 2. The van der Waals surface area contributed by atoms with Crippen LogP contribution in [0.2, 0.25) is 0 Å². The van der Waals surface area contributed by atoms with Crippen LogP contribution in [-0.4, -0.2) is 33.3 Å². The van der Waals surface area contributed by atoms with Gasteiger partial charge in [-0.1, -0.05) is 13.8 Å². The van der Waals surface area contributed by atoms with Crippen molar-refractivity contribution in [3.8, 4) is 0 Å². The third kappa shape index (κ3) is 5.11. The van der Waals surface area contributed by atoms with Crippen molar-refractivity contribution in [1.29, 1.82) is 0 Å². The molecule has 6 nitrogen and oxygen atoms in total. The molecular formula is C13H21N3O3. The predicted octanol–water partition coefficient (Wildman–Crippen LogP) is 1.29. The van der Waals surface area contributed by atoms with Gasteiger partial charge in [0.2, 0.25) is 0 Å². The lowest BCUT2D eigenvalue weighted by atomic mass is 9.94. The molecule has 19 heavy (non-hydrogen) atoms. The Morgan fingerprint density at radius 3 is 2.63 bits per heavy atom. The number of nitrogens with one attached hydrogen (secondary N) is 1. The van der Waals surface area contributed by atoms with Crippen LogP contribution >= 0.6 is 0 Å². The first-order valence-electron chi connectivity index (χ1n) is 6.38. The van der Waals surface area contributed by atoms with E-state index in [2.05, 4.69) is 10.4 Å². The summed E-state index contributed by atoms with van der Waals surface area (Å²) in [5, 5.41) is 15.6. The van der Waals surface area contributed by atoms with E-state index in [1.807, 2.05) is 13.8 Å². The third-order valence-electron chi connectivity index (χ3n) is 2.87. The summed E-state index contributed by atoms with van der Waals surface area (Å²) < 4.78 is 1.49. The predicted molar refractivity (Wildman–Crippen MR) is 70.7 cm³/mol. The van der Waals surface area contributed by atoms with Gasteiger partial charge in [-0.2, -0.15) is 5.10 Å². The molecule has 1 amide bonds. The number of hydrogen-bond acceptors (Lipinski definition) is 3. The lowest BCUT2D eigenvalue weighted by Gasteiger charge is -2.17. The molecule has 2 N–H and O–H groups in total. The number of aliphatic carboxylic acids is 1. The second kappa shape index (κ2) is 6.92. The van der Waals surface area contributed by atoms with E-state index in [1.54, 1.807) is 19.3 Å². The van der Waals surface area contributed by atoms with Gasteiger partial charge in [-0.25, -0.2) is 0 Å². The highest BCUT2D eigenvalue weighted by Crippen LogP contribution is 2.14. The van der Waals surface area contributed by atoms with E-state index in [0.717, 1.165) is 6.42 Å². The number of amides is 1. The summed E-state index contributed by atoms with van der Waals surface area (Å²) in [4.78, 5) is 22.7. The zero-order valence-corrected chi connectivity index (χ0v) is 11.6. The first kappa shape index (κ1) is 15.2. The average Bonchev–Trinajstić information content (AvgIpc) is 2.70. The van der Waals surface area contributed by atoms with Gasteiger partial charge in [-0.05, 0) is 24.3 Å². The Bertz CT molecular complexity index is 440. The largest absolute Gasteiger partial charge is 0.481 e. The van der Waals surface area contributed by atoms with Crippen molar-refractivity contribution in [3.05, 3.63) is 18.0 Å². The Kier molecular flexibility index (Phi) is 5.54. The Morgan fingerprint density at radius 2 is 2.16 bits per heavy atom. The number of carboxylic acid groups (broad SMARTS) is 1. The molecule has 1 rings (SSSR count). The average molecular weight is 267 g/mol. The minimum atomic E-state index is -0.833. The van der Waals surface area contributed by atoms with Gasteiger partial charge >= 0.3 is 5.97 Å². The van der Waals surface area contributed by atoms with Crippen LogP contribution in [0.4, 0.5) is 0 Å². The molecule has 0 unspecified atom stereocenters. The molecular weight excluding hydrogens is 246 g/mol. The molecule has 0 aliphatic rings. The fraction of sp³-hybridized carbons (Fsp3) is 0.615. The normalized spacial score (nSPS) is 12.4. The zero-order valence-electron chi connectivity index (χ0n) is 11.6. The zero-order chi connectivity index (χ0) is 14.4. The molecule has 0 spiro atoms. The molecule has 0 fully saturated rings. The first-order valence-corrected chi connectivity index (χ1v) is 6.38. The van der Waals surface area contributed by atoms with Crippen LogP contribution in [0.3, 0.4) is 0 Å². The van der Waals surface area contributed by atoms with E-state index in [1.165, 1.54) is 4.68 Å². The second-order valence-corrected chi connectivity index (χ2v) is 5.14. The van der Waals surface area contributed by atoms with E-state index in [-0.39, 0.29) is 18.2 Å². The highest BCUT2D eigenvalue weighted by Gasteiger charge is 2.17. The third-order valence-corrected chi connectivity index (χ3v) is 2.87. The highest BCUT2D eigenvalue weighted by molar-refractivity contribution is 5.92. The van der Waals surface area contributed by atoms with Crippen molar-refractivity contribution in [2.75, 3.05) is 6.54 Å². The Hall–Kier alpha value is -1.85. The van der Waals surface area contributed by atoms with E-state index in [9.17, 15) is 9.59 Å². The summed E-state index contributed by atoms with van der Waals surface area (Å²) in [7, 11) is 1.69. The molecule has 0 aliphatic heterocycles. The first-order chi connectivity index (χ1) is 8.90. The molecule has 0 aromatic carbocycles. The highest BCUT2D eigenvalue weighted by atomic mass is 16.4.